The van der Waals surface area contributed by atoms with E-state index in [1.54, 1.807) is 12.1 Å². The molecular formula is C20H20FN3O2. The number of likely N-dealkylation sites (tertiary alicyclic amines) is 1. The molecule has 2 aromatic heterocycles. The molecule has 0 saturated carbocycles. The maximum absolute atomic E-state index is 13.6. The van der Waals surface area contributed by atoms with Gasteiger partial charge in [-0.15, -0.1) is 0 Å². The molecule has 5 nitrogen and oxygen atoms in total. The van der Waals surface area contributed by atoms with Gasteiger partial charge in [0, 0.05) is 29.3 Å². The fourth-order valence-electron chi connectivity index (χ4n) is 3.94. The molecule has 1 aliphatic heterocycles. The SMILES string of the molecule is Cc1cc(C(=O)N2CCC[C@@H]2c2c(C)noc2C)c2ccc(F)cc2n1. The number of carbonyl (C=O) groups is 1. The summed E-state index contributed by atoms with van der Waals surface area (Å²) in [5, 5.41) is 4.71. The van der Waals surface area contributed by atoms with E-state index in [1.165, 1.54) is 12.1 Å². The predicted octanol–water partition coefficient (Wildman–Crippen LogP) is 4.26. The predicted molar refractivity (Wildman–Crippen MR) is 95.4 cm³/mol. The normalized spacial score (nSPS) is 17.2. The lowest BCUT2D eigenvalue weighted by atomic mass is 10.0. The van der Waals surface area contributed by atoms with E-state index in [9.17, 15) is 9.18 Å². The van der Waals surface area contributed by atoms with E-state index in [2.05, 4.69) is 10.1 Å². The van der Waals surface area contributed by atoms with Crippen LogP contribution in [-0.4, -0.2) is 27.5 Å². The van der Waals surface area contributed by atoms with Gasteiger partial charge in [0.15, 0.2) is 0 Å². The Kier molecular flexibility index (Phi) is 3.98. The van der Waals surface area contributed by atoms with Crippen LogP contribution in [0.3, 0.4) is 0 Å². The quantitative estimate of drug-likeness (QED) is 0.690. The molecule has 1 amide bonds. The lowest BCUT2D eigenvalue weighted by molar-refractivity contribution is 0.0736. The molecule has 0 spiro atoms. The maximum atomic E-state index is 13.6. The molecule has 1 atom stereocenters. The molecule has 134 valence electrons. The van der Waals surface area contributed by atoms with Gasteiger partial charge in [0.2, 0.25) is 0 Å². The molecule has 1 aromatic carbocycles. The van der Waals surface area contributed by atoms with Gasteiger partial charge in [-0.25, -0.2) is 4.39 Å². The van der Waals surface area contributed by atoms with Gasteiger partial charge in [0.25, 0.3) is 5.91 Å². The van der Waals surface area contributed by atoms with Crippen molar-refractivity contribution in [3.8, 4) is 0 Å². The molecule has 3 aromatic rings. The summed E-state index contributed by atoms with van der Waals surface area (Å²) in [6.45, 7) is 6.28. The Bertz CT molecular complexity index is 987. The van der Waals surface area contributed by atoms with E-state index in [0.717, 1.165) is 29.9 Å². The number of benzene rings is 1. The molecule has 1 aliphatic rings. The lowest BCUT2D eigenvalue weighted by Crippen LogP contribution is -2.31. The van der Waals surface area contributed by atoms with E-state index >= 15 is 0 Å². The molecule has 0 N–H and O–H groups in total. The molecule has 0 unspecified atom stereocenters. The highest BCUT2D eigenvalue weighted by atomic mass is 19.1. The average Bonchev–Trinajstić information content (AvgIpc) is 3.19. The molecule has 0 aliphatic carbocycles. The molecule has 0 bridgehead atoms. The van der Waals surface area contributed by atoms with E-state index < -0.39 is 0 Å². The smallest absolute Gasteiger partial charge is 0.255 e. The summed E-state index contributed by atoms with van der Waals surface area (Å²) in [4.78, 5) is 19.6. The van der Waals surface area contributed by atoms with E-state index in [-0.39, 0.29) is 17.8 Å². The van der Waals surface area contributed by atoms with Crippen molar-refractivity contribution in [3.63, 3.8) is 0 Å². The highest BCUT2D eigenvalue weighted by molar-refractivity contribution is 6.06. The minimum atomic E-state index is -0.358. The summed E-state index contributed by atoms with van der Waals surface area (Å²) in [7, 11) is 0. The van der Waals surface area contributed by atoms with Crippen molar-refractivity contribution >= 4 is 16.8 Å². The van der Waals surface area contributed by atoms with Crippen LogP contribution in [0.1, 0.15) is 52.0 Å². The summed E-state index contributed by atoms with van der Waals surface area (Å²) in [5.41, 5.74) is 3.58. The Hall–Kier alpha value is -2.76. The van der Waals surface area contributed by atoms with Crippen molar-refractivity contribution in [3.05, 3.63) is 58.4 Å². The third kappa shape index (κ3) is 2.66. The largest absolute Gasteiger partial charge is 0.361 e. The molecule has 0 radical (unpaired) electrons. The Morgan fingerprint density at radius 3 is 2.81 bits per heavy atom. The number of carbonyl (C=O) groups excluding carboxylic acids is 1. The van der Waals surface area contributed by atoms with Crippen LogP contribution in [0.4, 0.5) is 4.39 Å². The third-order valence-electron chi connectivity index (χ3n) is 5.07. The molecule has 1 saturated heterocycles. The number of halogens is 1. The van der Waals surface area contributed by atoms with Crippen LogP contribution in [0.5, 0.6) is 0 Å². The van der Waals surface area contributed by atoms with Crippen LogP contribution < -0.4 is 0 Å². The van der Waals surface area contributed by atoms with E-state index in [1.807, 2.05) is 25.7 Å². The van der Waals surface area contributed by atoms with Gasteiger partial charge in [-0.3, -0.25) is 9.78 Å². The van der Waals surface area contributed by atoms with Crippen LogP contribution >= 0.6 is 0 Å². The Morgan fingerprint density at radius 2 is 2.08 bits per heavy atom. The van der Waals surface area contributed by atoms with Gasteiger partial charge < -0.3 is 9.42 Å². The molecule has 4 rings (SSSR count). The number of amides is 1. The first-order chi connectivity index (χ1) is 12.5. The fourth-order valence-corrected chi connectivity index (χ4v) is 3.94. The number of hydrogen-bond donors (Lipinski definition) is 0. The second kappa shape index (κ2) is 6.20. The second-order valence-corrected chi connectivity index (χ2v) is 6.87. The van der Waals surface area contributed by atoms with Crippen LogP contribution in [0.15, 0.2) is 28.8 Å². The minimum absolute atomic E-state index is 0.0438. The first-order valence-electron chi connectivity index (χ1n) is 8.76. The molecule has 3 heterocycles. The highest BCUT2D eigenvalue weighted by Crippen LogP contribution is 2.37. The number of nitrogens with zero attached hydrogens (tertiary/aromatic N) is 3. The molecule has 1 fully saturated rings. The zero-order valence-electron chi connectivity index (χ0n) is 15.0. The van der Waals surface area contributed by atoms with Gasteiger partial charge in [-0.2, -0.15) is 0 Å². The molecular weight excluding hydrogens is 333 g/mol. The minimum Gasteiger partial charge on any atom is -0.361 e. The second-order valence-electron chi connectivity index (χ2n) is 6.87. The first kappa shape index (κ1) is 16.7. The van der Waals surface area contributed by atoms with E-state index in [4.69, 9.17) is 4.52 Å². The van der Waals surface area contributed by atoms with Gasteiger partial charge >= 0.3 is 0 Å². The highest BCUT2D eigenvalue weighted by Gasteiger charge is 2.34. The summed E-state index contributed by atoms with van der Waals surface area (Å²) < 4.78 is 18.9. The van der Waals surface area contributed by atoms with Crippen molar-refractivity contribution in [1.82, 2.24) is 15.0 Å². The standard InChI is InChI=1S/C20H20FN3O2/c1-11-9-16(15-7-6-14(21)10-17(15)22-11)20(25)24-8-4-5-18(24)19-12(2)23-26-13(19)3/h6-7,9-10,18H,4-5,8H2,1-3H3/t18-/m1/s1. The van der Waals surface area contributed by atoms with Crippen molar-refractivity contribution < 1.29 is 13.7 Å². The number of pyridine rings is 1. The summed E-state index contributed by atoms with van der Waals surface area (Å²) in [5.74, 6) is 0.336. The Morgan fingerprint density at radius 1 is 1.27 bits per heavy atom. The van der Waals surface area contributed by atoms with Gasteiger partial charge in [0.1, 0.15) is 11.6 Å². The van der Waals surface area contributed by atoms with Crippen LogP contribution in [0, 0.1) is 26.6 Å². The summed E-state index contributed by atoms with van der Waals surface area (Å²) in [6.07, 6.45) is 1.81. The van der Waals surface area contributed by atoms with Crippen molar-refractivity contribution in [2.24, 2.45) is 0 Å². The Balaban J connectivity index is 1.79. The Labute approximate surface area is 150 Å². The summed E-state index contributed by atoms with van der Waals surface area (Å²) in [6, 6.07) is 6.11. The first-order valence-corrected chi connectivity index (χ1v) is 8.76. The van der Waals surface area contributed by atoms with Gasteiger partial charge in [-0.1, -0.05) is 5.16 Å². The summed E-state index contributed by atoms with van der Waals surface area (Å²) >= 11 is 0. The van der Waals surface area contributed by atoms with Gasteiger partial charge in [0.05, 0.1) is 22.8 Å². The van der Waals surface area contributed by atoms with Crippen LogP contribution in [0.25, 0.3) is 10.9 Å². The average molecular weight is 353 g/mol. The topological polar surface area (TPSA) is 59.2 Å². The zero-order chi connectivity index (χ0) is 18.4. The number of hydrogen-bond acceptors (Lipinski definition) is 4. The number of aromatic nitrogens is 2. The van der Waals surface area contributed by atoms with Crippen LogP contribution in [0.2, 0.25) is 0 Å². The van der Waals surface area contributed by atoms with Gasteiger partial charge in [-0.05, 0) is 51.8 Å². The van der Waals surface area contributed by atoms with E-state index in [0.29, 0.717) is 28.7 Å². The molecule has 6 heteroatoms. The van der Waals surface area contributed by atoms with Crippen molar-refractivity contribution in [2.45, 2.75) is 39.7 Å². The number of rotatable bonds is 2. The molecule has 26 heavy (non-hydrogen) atoms. The van der Waals surface area contributed by atoms with Crippen LogP contribution in [-0.2, 0) is 0 Å². The van der Waals surface area contributed by atoms with Crippen molar-refractivity contribution in [1.29, 1.82) is 0 Å². The maximum Gasteiger partial charge on any atom is 0.255 e. The fraction of sp³-hybridized carbons (Fsp3) is 0.350. The number of aryl methyl sites for hydroxylation is 3. The number of fused-ring (bicyclic) bond motifs is 1. The monoisotopic (exact) mass is 353 g/mol. The van der Waals surface area contributed by atoms with Crippen molar-refractivity contribution in [2.75, 3.05) is 6.54 Å². The lowest BCUT2D eigenvalue weighted by Gasteiger charge is -2.25. The third-order valence-corrected chi connectivity index (χ3v) is 5.07. The zero-order valence-corrected chi connectivity index (χ0v) is 15.0.